The number of benzodiazepines with no additional fused rings is 1. The number of primary amides is 1. The van der Waals surface area contributed by atoms with Crippen LogP contribution in [0.2, 0.25) is 0 Å². The van der Waals surface area contributed by atoms with E-state index in [0.717, 1.165) is 11.1 Å². The average molecular weight is 294 g/mol. The van der Waals surface area contributed by atoms with Crippen molar-refractivity contribution in [1.29, 1.82) is 0 Å². The second kappa shape index (κ2) is 5.20. The van der Waals surface area contributed by atoms with Crippen molar-refractivity contribution < 1.29 is 9.59 Å². The summed E-state index contributed by atoms with van der Waals surface area (Å²) in [6.07, 6.45) is 0. The molecule has 0 fully saturated rings. The third kappa shape index (κ3) is 2.03. The Hall–Kier alpha value is -2.79. The summed E-state index contributed by atoms with van der Waals surface area (Å²) in [6.45, 7) is -0.0850. The molecule has 0 saturated heterocycles. The van der Waals surface area contributed by atoms with E-state index in [4.69, 9.17) is 5.73 Å². The van der Waals surface area contributed by atoms with Crippen LogP contribution in [0.1, 0.15) is 11.1 Å². The third-order valence-electron chi connectivity index (χ3n) is 4.00. The molecule has 0 radical (unpaired) electrons. The van der Waals surface area contributed by atoms with Crippen LogP contribution in [0.4, 0.5) is 10.5 Å². The van der Waals surface area contributed by atoms with Gasteiger partial charge in [-0.1, -0.05) is 42.5 Å². The highest BCUT2D eigenvalue weighted by molar-refractivity contribution is 6.21. The molecule has 3 amide bonds. The molecule has 110 valence electrons. The van der Waals surface area contributed by atoms with Crippen LogP contribution in [-0.2, 0) is 4.79 Å². The van der Waals surface area contributed by atoms with E-state index in [0.29, 0.717) is 11.4 Å². The van der Waals surface area contributed by atoms with E-state index in [1.807, 2.05) is 42.5 Å². The van der Waals surface area contributed by atoms with Gasteiger partial charge in [-0.3, -0.25) is 4.99 Å². The summed E-state index contributed by atoms with van der Waals surface area (Å²) in [5.41, 5.74) is 8.43. The molecule has 5 nitrogen and oxygen atoms in total. The minimum atomic E-state index is -0.707. The lowest BCUT2D eigenvalue weighted by Gasteiger charge is -2.26. The molecule has 1 unspecified atom stereocenters. The molecule has 5 heteroatoms. The minimum Gasteiger partial charge on any atom is -0.318 e. The first kappa shape index (κ1) is 14.2. The molecule has 0 bridgehead atoms. The Bertz CT molecular complexity index is 784. The number of para-hydroxylation sites is 1. The van der Waals surface area contributed by atoms with Gasteiger partial charge in [0, 0.05) is 11.6 Å². The molecule has 1 atom stereocenters. The first-order valence-corrected chi connectivity index (χ1v) is 6.95. The largest absolute Gasteiger partial charge is 0.426 e. The zero-order chi connectivity index (χ0) is 15.7. The van der Waals surface area contributed by atoms with E-state index >= 15 is 0 Å². The van der Waals surface area contributed by atoms with Crippen LogP contribution in [0.3, 0.4) is 0 Å². The van der Waals surface area contributed by atoms with Crippen LogP contribution in [-0.4, -0.2) is 31.2 Å². The Labute approximate surface area is 128 Å². The fourth-order valence-corrected chi connectivity index (χ4v) is 2.66. The summed E-state index contributed by atoms with van der Waals surface area (Å²) in [6, 6.07) is 16.2. The van der Waals surface area contributed by atoms with Crippen molar-refractivity contribution in [3.63, 3.8) is 0 Å². The van der Waals surface area contributed by atoms with E-state index < -0.39 is 10.5 Å². The highest BCUT2D eigenvalue weighted by Crippen LogP contribution is 2.31. The molecule has 0 spiro atoms. The van der Waals surface area contributed by atoms with Gasteiger partial charge >= 0.3 is 11.9 Å². The Morgan fingerprint density at radius 3 is 2.41 bits per heavy atom. The first-order chi connectivity index (χ1) is 10.5. The Balaban J connectivity index is 2.28. The van der Waals surface area contributed by atoms with Gasteiger partial charge in [0.25, 0.3) is 0 Å². The normalized spacial score (nSPS) is 20.8. The van der Waals surface area contributed by atoms with Gasteiger partial charge in [-0.05, 0) is 6.07 Å². The number of likely N-dealkylation sites (N-methyl/N-ethyl adjacent to an activating group) is 1. The maximum atomic E-state index is 12.5. The van der Waals surface area contributed by atoms with Crippen LogP contribution in [0, 0.1) is 0 Å². The number of hydrogen-bond donors (Lipinski definition) is 1. The Kier molecular flexibility index (Phi) is 3.35. The quantitative estimate of drug-likeness (QED) is 0.818. The van der Waals surface area contributed by atoms with Gasteiger partial charge in [0.2, 0.25) is 0 Å². The molecule has 0 aliphatic carbocycles. The number of nitrogens with two attached hydrogens (primary N) is 1. The Morgan fingerprint density at radius 1 is 1.09 bits per heavy atom. The minimum absolute atomic E-state index is 0.0850. The molecule has 2 N–H and O–H groups in total. The van der Waals surface area contributed by atoms with Crippen LogP contribution < -0.4 is 10.2 Å². The van der Waals surface area contributed by atoms with Crippen molar-refractivity contribution in [2.75, 3.05) is 13.6 Å². The van der Waals surface area contributed by atoms with Crippen molar-refractivity contribution >= 4 is 23.3 Å². The summed E-state index contributed by atoms with van der Waals surface area (Å²) in [7, 11) is 1.52. The van der Waals surface area contributed by atoms with Gasteiger partial charge in [-0.2, -0.15) is 0 Å². The lowest BCUT2D eigenvalue weighted by molar-refractivity contribution is -0.125. The number of nitrogens with zero attached hydrogens (tertiary/aromatic N) is 2. The van der Waals surface area contributed by atoms with Crippen molar-refractivity contribution in [3.05, 3.63) is 65.7 Å². The molecule has 1 aliphatic rings. The van der Waals surface area contributed by atoms with E-state index in [-0.39, 0.29) is 12.5 Å². The van der Waals surface area contributed by atoms with Crippen molar-refractivity contribution in [2.45, 2.75) is 0 Å². The highest BCUT2D eigenvalue weighted by atomic mass is 16.2. The summed E-state index contributed by atoms with van der Waals surface area (Å²) in [5, 5.41) is 0. The van der Waals surface area contributed by atoms with Gasteiger partial charge in [0.1, 0.15) is 0 Å². The van der Waals surface area contributed by atoms with E-state index in [2.05, 4.69) is 4.99 Å². The van der Waals surface area contributed by atoms with Crippen molar-refractivity contribution in [3.8, 4) is 0 Å². The van der Waals surface area contributed by atoms with Crippen LogP contribution in [0.25, 0.3) is 0 Å². The number of amides is 3. The topological polar surface area (TPSA) is 72.5 Å². The fraction of sp³-hybridized carbons (Fsp3) is 0.118. The standard InChI is InChI=1S/C17H15N3O2/c1-20(17(18)22)14-10-6-5-9-13(14)16(19-11-15(20)21)12-7-3-2-4-8-12/h2-10H,11H2,1H3,(H-,18,22)/p+1. The van der Waals surface area contributed by atoms with Crippen LogP contribution >= 0.6 is 0 Å². The number of hydrogen-bond acceptors (Lipinski definition) is 3. The molecule has 2 aromatic rings. The summed E-state index contributed by atoms with van der Waals surface area (Å²) in [5.74, 6) is -0.342. The van der Waals surface area contributed by atoms with Gasteiger partial charge in [0.05, 0.1) is 18.3 Å². The maximum Gasteiger partial charge on any atom is 0.426 e. The molecule has 1 aliphatic heterocycles. The first-order valence-electron chi connectivity index (χ1n) is 6.95. The van der Waals surface area contributed by atoms with E-state index in [1.54, 1.807) is 12.1 Å². The molecule has 22 heavy (non-hydrogen) atoms. The van der Waals surface area contributed by atoms with Crippen LogP contribution in [0.15, 0.2) is 59.6 Å². The molecule has 3 rings (SSSR count). The number of quaternary nitrogens is 1. The molecular formula is C17H16N3O2+. The summed E-state index contributed by atoms with van der Waals surface area (Å²) in [4.78, 5) is 28.9. The number of urea groups is 1. The number of carbonyl (C=O) groups is 2. The van der Waals surface area contributed by atoms with Gasteiger partial charge in [-0.25, -0.2) is 9.59 Å². The van der Waals surface area contributed by atoms with E-state index in [1.165, 1.54) is 7.05 Å². The fourth-order valence-electron chi connectivity index (χ4n) is 2.66. The molecule has 0 saturated carbocycles. The number of rotatable bonds is 1. The van der Waals surface area contributed by atoms with E-state index in [9.17, 15) is 9.59 Å². The number of aliphatic imine (C=N–C) groups is 1. The van der Waals surface area contributed by atoms with Gasteiger partial charge in [0.15, 0.2) is 12.2 Å². The molecule has 0 aromatic heterocycles. The number of imide groups is 1. The maximum absolute atomic E-state index is 12.5. The second-order valence-corrected chi connectivity index (χ2v) is 5.29. The average Bonchev–Trinajstić information content (AvgIpc) is 2.65. The number of benzene rings is 2. The lowest BCUT2D eigenvalue weighted by Crippen LogP contribution is -2.59. The summed E-state index contributed by atoms with van der Waals surface area (Å²) >= 11 is 0. The zero-order valence-electron chi connectivity index (χ0n) is 12.2. The summed E-state index contributed by atoms with van der Waals surface area (Å²) < 4.78 is -0.573. The molecule has 1 heterocycles. The van der Waals surface area contributed by atoms with Gasteiger partial charge < -0.3 is 5.73 Å². The SMILES string of the molecule is C[N+]1(C(N)=O)C(=O)CN=C(c2ccccc2)c2ccccc21. The number of carbonyl (C=O) groups excluding carboxylic acids is 2. The highest BCUT2D eigenvalue weighted by Gasteiger charge is 2.44. The third-order valence-corrected chi connectivity index (χ3v) is 4.00. The van der Waals surface area contributed by atoms with Crippen LogP contribution in [0.5, 0.6) is 0 Å². The molecular weight excluding hydrogens is 278 g/mol. The van der Waals surface area contributed by atoms with Crippen molar-refractivity contribution in [2.24, 2.45) is 10.7 Å². The van der Waals surface area contributed by atoms with Gasteiger partial charge in [-0.15, -0.1) is 4.48 Å². The smallest absolute Gasteiger partial charge is 0.318 e. The lowest BCUT2D eigenvalue weighted by atomic mass is 10.00. The monoisotopic (exact) mass is 294 g/mol. The Morgan fingerprint density at radius 2 is 1.73 bits per heavy atom. The van der Waals surface area contributed by atoms with Crippen molar-refractivity contribution in [1.82, 2.24) is 4.48 Å². The molecule has 2 aromatic carbocycles. The number of fused-ring (bicyclic) bond motifs is 1. The predicted molar refractivity (Wildman–Crippen MR) is 85.7 cm³/mol. The zero-order valence-corrected chi connectivity index (χ0v) is 12.2. The predicted octanol–water partition coefficient (Wildman–Crippen LogP) is 2.08. The second-order valence-electron chi connectivity index (χ2n) is 5.29.